The number of pyridine rings is 1. The first-order valence-corrected chi connectivity index (χ1v) is 7.27. The number of aromatic nitrogens is 1. The van der Waals surface area contributed by atoms with E-state index in [1.54, 1.807) is 7.11 Å². The number of methoxy groups -OCH3 is 1. The molecule has 0 N–H and O–H groups in total. The van der Waals surface area contributed by atoms with E-state index >= 15 is 0 Å². The number of nitrogens with zero attached hydrogens (tertiary/aromatic N) is 1. The Kier molecular flexibility index (Phi) is 3.89. The first kappa shape index (κ1) is 13.7. The number of hydrogen-bond donors (Lipinski definition) is 0. The van der Waals surface area contributed by atoms with Gasteiger partial charge in [-0.3, -0.25) is 0 Å². The molecule has 102 valence electrons. The summed E-state index contributed by atoms with van der Waals surface area (Å²) in [6.45, 7) is 0. The second-order valence-corrected chi connectivity index (χ2v) is 5.32. The highest BCUT2D eigenvalue weighted by atomic mass is 79.9. The number of ether oxygens (including phenoxy) is 1. The van der Waals surface area contributed by atoms with E-state index in [-0.39, 0.29) is 0 Å². The number of fused-ring (bicyclic) bond motifs is 1. The smallest absolute Gasteiger partial charge is 0.229 e. The molecule has 0 amide bonds. The van der Waals surface area contributed by atoms with Crippen LogP contribution in [-0.4, -0.2) is 12.1 Å². The molecule has 1 heterocycles. The Morgan fingerprint density at radius 3 is 2.48 bits per heavy atom. The maximum absolute atomic E-state index is 5.35. The number of para-hydroxylation sites is 1. The molecule has 0 aliphatic rings. The quantitative estimate of drug-likeness (QED) is 0.614. The van der Waals surface area contributed by atoms with Gasteiger partial charge in [-0.1, -0.05) is 42.2 Å². The molecule has 0 saturated carbocycles. The Morgan fingerprint density at radius 2 is 1.67 bits per heavy atom. The van der Waals surface area contributed by atoms with E-state index in [1.807, 2.05) is 54.6 Å². The summed E-state index contributed by atoms with van der Waals surface area (Å²) in [5, 5.41) is 1.05. The van der Waals surface area contributed by atoms with Crippen molar-refractivity contribution in [1.29, 1.82) is 0 Å². The number of hydrogen-bond acceptors (Lipinski definition) is 2. The monoisotopic (exact) mass is 337 g/mol. The van der Waals surface area contributed by atoms with E-state index in [1.165, 1.54) is 0 Å². The van der Waals surface area contributed by atoms with Crippen molar-refractivity contribution < 1.29 is 4.74 Å². The molecule has 0 aliphatic carbocycles. The zero-order valence-corrected chi connectivity index (χ0v) is 13.0. The highest BCUT2D eigenvalue weighted by Gasteiger charge is 2.05. The van der Waals surface area contributed by atoms with Gasteiger partial charge >= 0.3 is 0 Å². The summed E-state index contributed by atoms with van der Waals surface area (Å²) in [6.07, 6.45) is 0. The minimum Gasteiger partial charge on any atom is -0.480 e. The molecule has 2 nitrogen and oxygen atoms in total. The lowest BCUT2D eigenvalue weighted by Gasteiger charge is -2.04. The van der Waals surface area contributed by atoms with Crippen LogP contribution in [0.4, 0.5) is 0 Å². The molecule has 3 aromatic rings. The standard InChI is InChI=1S/C18H12BrNO/c1-21-18-15(11-10-13-6-2-4-8-16(13)19)12-14-7-3-5-9-17(14)20-18/h2-9,12H,1H3. The lowest BCUT2D eigenvalue weighted by atomic mass is 10.1. The van der Waals surface area contributed by atoms with Crippen molar-refractivity contribution >= 4 is 26.8 Å². The van der Waals surface area contributed by atoms with Crippen molar-refractivity contribution in [1.82, 2.24) is 4.98 Å². The Morgan fingerprint density at radius 1 is 0.952 bits per heavy atom. The summed E-state index contributed by atoms with van der Waals surface area (Å²) in [5.41, 5.74) is 2.63. The van der Waals surface area contributed by atoms with Gasteiger partial charge in [0, 0.05) is 15.4 Å². The van der Waals surface area contributed by atoms with Crippen molar-refractivity contribution in [2.75, 3.05) is 7.11 Å². The van der Waals surface area contributed by atoms with Gasteiger partial charge in [0.1, 0.15) is 0 Å². The molecule has 0 unspecified atom stereocenters. The fourth-order valence-electron chi connectivity index (χ4n) is 2.04. The van der Waals surface area contributed by atoms with Crippen LogP contribution < -0.4 is 4.74 Å². The van der Waals surface area contributed by atoms with Gasteiger partial charge in [0.15, 0.2) is 0 Å². The maximum atomic E-state index is 5.35. The first-order chi connectivity index (χ1) is 10.3. The fourth-order valence-corrected chi connectivity index (χ4v) is 2.42. The van der Waals surface area contributed by atoms with Crippen LogP contribution in [0.5, 0.6) is 5.88 Å². The van der Waals surface area contributed by atoms with Crippen molar-refractivity contribution in [3.8, 4) is 17.7 Å². The van der Waals surface area contributed by atoms with Gasteiger partial charge in [0.05, 0.1) is 18.2 Å². The van der Waals surface area contributed by atoms with E-state index in [4.69, 9.17) is 4.74 Å². The molecule has 3 rings (SSSR count). The summed E-state index contributed by atoms with van der Waals surface area (Å²) in [7, 11) is 1.61. The Labute approximate surface area is 131 Å². The molecule has 0 atom stereocenters. The van der Waals surface area contributed by atoms with Crippen molar-refractivity contribution in [3.05, 3.63) is 70.2 Å². The summed E-state index contributed by atoms with van der Waals surface area (Å²) in [4.78, 5) is 4.49. The molecule has 0 aliphatic heterocycles. The topological polar surface area (TPSA) is 22.1 Å². The lowest BCUT2D eigenvalue weighted by molar-refractivity contribution is 0.398. The van der Waals surface area contributed by atoms with Gasteiger partial charge in [-0.05, 0) is 40.2 Å². The van der Waals surface area contributed by atoms with Crippen LogP contribution >= 0.6 is 15.9 Å². The van der Waals surface area contributed by atoms with E-state index in [9.17, 15) is 0 Å². The second-order valence-electron chi connectivity index (χ2n) is 4.47. The largest absolute Gasteiger partial charge is 0.480 e. The normalized spacial score (nSPS) is 10.0. The summed E-state index contributed by atoms with van der Waals surface area (Å²) in [5.74, 6) is 6.85. The highest BCUT2D eigenvalue weighted by Crippen LogP contribution is 2.21. The third-order valence-electron chi connectivity index (χ3n) is 3.09. The Hall–Kier alpha value is -2.31. The average molecular weight is 338 g/mol. The lowest BCUT2D eigenvalue weighted by Crippen LogP contribution is -1.93. The average Bonchev–Trinajstić information content (AvgIpc) is 2.53. The molecular weight excluding hydrogens is 326 g/mol. The van der Waals surface area contributed by atoms with Crippen LogP contribution in [0.3, 0.4) is 0 Å². The van der Waals surface area contributed by atoms with Crippen LogP contribution in [0, 0.1) is 11.8 Å². The Bertz CT molecular complexity index is 862. The summed E-state index contributed by atoms with van der Waals surface area (Å²) < 4.78 is 6.32. The van der Waals surface area contributed by atoms with E-state index < -0.39 is 0 Å². The predicted octanol–water partition coefficient (Wildman–Crippen LogP) is 4.41. The predicted molar refractivity (Wildman–Crippen MR) is 88.4 cm³/mol. The first-order valence-electron chi connectivity index (χ1n) is 6.48. The third kappa shape index (κ3) is 2.91. The summed E-state index contributed by atoms with van der Waals surface area (Å²) in [6, 6.07) is 17.8. The SMILES string of the molecule is COc1nc2ccccc2cc1C#Cc1ccccc1Br. The van der Waals surface area contributed by atoms with Gasteiger partial charge in [-0.2, -0.15) is 0 Å². The third-order valence-corrected chi connectivity index (χ3v) is 3.78. The van der Waals surface area contributed by atoms with E-state index in [0.717, 1.165) is 26.5 Å². The second kappa shape index (κ2) is 5.99. The van der Waals surface area contributed by atoms with Crippen LogP contribution in [0.2, 0.25) is 0 Å². The van der Waals surface area contributed by atoms with Gasteiger partial charge < -0.3 is 4.74 Å². The number of benzene rings is 2. The summed E-state index contributed by atoms with van der Waals surface area (Å²) >= 11 is 3.50. The zero-order valence-electron chi connectivity index (χ0n) is 11.4. The van der Waals surface area contributed by atoms with Crippen LogP contribution in [0.25, 0.3) is 10.9 Å². The molecular formula is C18H12BrNO. The molecule has 0 saturated heterocycles. The van der Waals surface area contributed by atoms with Crippen LogP contribution in [-0.2, 0) is 0 Å². The molecule has 1 aromatic heterocycles. The van der Waals surface area contributed by atoms with Gasteiger partial charge in [0.2, 0.25) is 5.88 Å². The zero-order chi connectivity index (χ0) is 14.7. The number of rotatable bonds is 1. The van der Waals surface area contributed by atoms with E-state index in [2.05, 4.69) is 32.8 Å². The molecule has 21 heavy (non-hydrogen) atoms. The van der Waals surface area contributed by atoms with Crippen molar-refractivity contribution in [2.45, 2.75) is 0 Å². The molecule has 0 fully saturated rings. The highest BCUT2D eigenvalue weighted by molar-refractivity contribution is 9.10. The molecule has 0 spiro atoms. The van der Waals surface area contributed by atoms with Crippen LogP contribution in [0.1, 0.15) is 11.1 Å². The van der Waals surface area contributed by atoms with Gasteiger partial charge in [-0.15, -0.1) is 0 Å². The number of halogens is 1. The molecule has 3 heteroatoms. The van der Waals surface area contributed by atoms with Crippen LogP contribution in [0.15, 0.2) is 59.1 Å². The Balaban J connectivity index is 2.10. The van der Waals surface area contributed by atoms with Crippen molar-refractivity contribution in [2.24, 2.45) is 0 Å². The van der Waals surface area contributed by atoms with E-state index in [0.29, 0.717) is 5.88 Å². The van der Waals surface area contributed by atoms with Gasteiger partial charge in [0.25, 0.3) is 0 Å². The minimum atomic E-state index is 0.549. The van der Waals surface area contributed by atoms with Crippen molar-refractivity contribution in [3.63, 3.8) is 0 Å². The molecule has 2 aromatic carbocycles. The fraction of sp³-hybridized carbons (Fsp3) is 0.0556. The van der Waals surface area contributed by atoms with Gasteiger partial charge in [-0.25, -0.2) is 4.98 Å². The minimum absolute atomic E-state index is 0.549. The molecule has 0 radical (unpaired) electrons. The maximum Gasteiger partial charge on any atom is 0.229 e. The molecule has 0 bridgehead atoms.